The summed E-state index contributed by atoms with van der Waals surface area (Å²) in [6.07, 6.45) is 3.91. The molecule has 0 bridgehead atoms. The van der Waals surface area contributed by atoms with E-state index in [0.29, 0.717) is 4.99 Å². The van der Waals surface area contributed by atoms with Crippen LogP contribution in [-0.2, 0) is 0 Å². The maximum absolute atomic E-state index is 5.83. The summed E-state index contributed by atoms with van der Waals surface area (Å²) in [7, 11) is 0. The van der Waals surface area contributed by atoms with E-state index >= 15 is 0 Å². The number of rotatable bonds is 2. The summed E-state index contributed by atoms with van der Waals surface area (Å²) in [5, 5.41) is 2.42. The fourth-order valence-corrected chi connectivity index (χ4v) is 3.09. The standard InChI is InChI=1S/C16H18N2S/c17-16(19)14-8-9-15(18-10-4-1-5-11-18)13-7-3-2-6-12(13)14/h2-3,6-9H,1,4-5,10-11H2,(H2,17,19). The van der Waals surface area contributed by atoms with Crippen LogP contribution in [0.4, 0.5) is 5.69 Å². The van der Waals surface area contributed by atoms with Gasteiger partial charge in [-0.3, -0.25) is 0 Å². The highest BCUT2D eigenvalue weighted by Crippen LogP contribution is 2.31. The Hall–Kier alpha value is -1.61. The van der Waals surface area contributed by atoms with Crippen molar-refractivity contribution in [2.45, 2.75) is 19.3 Å². The van der Waals surface area contributed by atoms with E-state index in [9.17, 15) is 0 Å². The molecule has 0 spiro atoms. The van der Waals surface area contributed by atoms with Crippen molar-refractivity contribution in [1.82, 2.24) is 0 Å². The Morgan fingerprint density at radius 1 is 0.947 bits per heavy atom. The third kappa shape index (κ3) is 2.30. The smallest absolute Gasteiger partial charge is 0.104 e. The van der Waals surface area contributed by atoms with Gasteiger partial charge in [-0.05, 0) is 36.8 Å². The molecule has 2 nitrogen and oxygen atoms in total. The molecule has 2 aromatic rings. The molecule has 1 saturated heterocycles. The van der Waals surface area contributed by atoms with E-state index in [1.54, 1.807) is 0 Å². The van der Waals surface area contributed by atoms with Crippen LogP contribution in [-0.4, -0.2) is 18.1 Å². The summed E-state index contributed by atoms with van der Waals surface area (Å²) in [4.78, 5) is 2.95. The lowest BCUT2D eigenvalue weighted by atomic mass is 10.0. The molecule has 98 valence electrons. The number of hydrogen-bond acceptors (Lipinski definition) is 2. The van der Waals surface area contributed by atoms with Crippen molar-refractivity contribution in [3.8, 4) is 0 Å². The number of nitrogens with two attached hydrogens (primary N) is 1. The average Bonchev–Trinajstić information content (AvgIpc) is 2.47. The molecule has 3 rings (SSSR count). The van der Waals surface area contributed by atoms with E-state index in [4.69, 9.17) is 18.0 Å². The first-order valence-electron chi connectivity index (χ1n) is 6.84. The lowest BCUT2D eigenvalue weighted by Gasteiger charge is -2.30. The molecule has 1 heterocycles. The van der Waals surface area contributed by atoms with Gasteiger partial charge in [-0.15, -0.1) is 0 Å². The number of anilines is 1. The highest BCUT2D eigenvalue weighted by Gasteiger charge is 2.15. The number of piperidine rings is 1. The van der Waals surface area contributed by atoms with Crippen LogP contribution in [0, 0.1) is 0 Å². The monoisotopic (exact) mass is 270 g/mol. The molecule has 1 aliphatic heterocycles. The number of nitrogens with zero attached hydrogens (tertiary/aromatic N) is 1. The van der Waals surface area contributed by atoms with Gasteiger partial charge in [0.25, 0.3) is 0 Å². The largest absolute Gasteiger partial charge is 0.389 e. The number of benzene rings is 2. The van der Waals surface area contributed by atoms with E-state index in [0.717, 1.165) is 24.0 Å². The normalized spacial score (nSPS) is 15.7. The maximum atomic E-state index is 5.83. The lowest BCUT2D eigenvalue weighted by molar-refractivity contribution is 0.579. The zero-order valence-corrected chi connectivity index (χ0v) is 11.7. The minimum Gasteiger partial charge on any atom is -0.389 e. The minimum atomic E-state index is 0.474. The zero-order chi connectivity index (χ0) is 13.2. The lowest BCUT2D eigenvalue weighted by Crippen LogP contribution is -2.29. The van der Waals surface area contributed by atoms with Crippen molar-refractivity contribution in [2.75, 3.05) is 18.0 Å². The molecule has 0 atom stereocenters. The summed E-state index contributed by atoms with van der Waals surface area (Å²) in [6, 6.07) is 12.6. The van der Waals surface area contributed by atoms with Crippen LogP contribution in [0.25, 0.3) is 10.8 Å². The summed E-state index contributed by atoms with van der Waals surface area (Å²) in [6.45, 7) is 2.30. The van der Waals surface area contributed by atoms with Crippen LogP contribution in [0.2, 0.25) is 0 Å². The Balaban J connectivity index is 2.15. The fourth-order valence-electron chi connectivity index (χ4n) is 2.91. The predicted octanol–water partition coefficient (Wildman–Crippen LogP) is 3.46. The van der Waals surface area contributed by atoms with Gasteiger partial charge >= 0.3 is 0 Å². The predicted molar refractivity (Wildman–Crippen MR) is 85.9 cm³/mol. The summed E-state index contributed by atoms with van der Waals surface area (Å²) < 4.78 is 0. The van der Waals surface area contributed by atoms with Crippen LogP contribution in [0.15, 0.2) is 36.4 Å². The number of hydrogen-bond donors (Lipinski definition) is 1. The third-order valence-corrected chi connectivity index (χ3v) is 4.08. The highest BCUT2D eigenvalue weighted by molar-refractivity contribution is 7.80. The number of thiocarbonyl (C=S) groups is 1. The Labute approximate surface area is 119 Å². The summed E-state index contributed by atoms with van der Waals surface area (Å²) in [5.74, 6) is 0. The number of fused-ring (bicyclic) bond motifs is 1. The van der Waals surface area contributed by atoms with Gasteiger partial charge in [0.15, 0.2) is 0 Å². The van der Waals surface area contributed by atoms with Gasteiger partial charge in [-0.1, -0.05) is 36.5 Å². The maximum Gasteiger partial charge on any atom is 0.104 e. The molecular formula is C16H18N2S. The van der Waals surface area contributed by atoms with E-state index in [1.165, 1.54) is 30.3 Å². The van der Waals surface area contributed by atoms with Crippen LogP contribution >= 0.6 is 12.2 Å². The Bertz CT molecular complexity index is 615. The zero-order valence-electron chi connectivity index (χ0n) is 10.9. The highest BCUT2D eigenvalue weighted by atomic mass is 32.1. The SMILES string of the molecule is NC(=S)c1ccc(N2CCCCC2)c2ccccc12. The molecule has 3 heteroatoms. The molecule has 2 N–H and O–H groups in total. The Morgan fingerprint density at radius 3 is 2.32 bits per heavy atom. The molecule has 0 unspecified atom stereocenters. The topological polar surface area (TPSA) is 29.3 Å². The Kier molecular flexibility index (Phi) is 3.38. The van der Waals surface area contributed by atoms with Gasteiger partial charge in [-0.2, -0.15) is 0 Å². The second-order valence-electron chi connectivity index (χ2n) is 5.09. The van der Waals surface area contributed by atoms with Gasteiger partial charge in [0.2, 0.25) is 0 Å². The molecular weight excluding hydrogens is 252 g/mol. The van der Waals surface area contributed by atoms with Crippen molar-refractivity contribution in [3.05, 3.63) is 42.0 Å². The van der Waals surface area contributed by atoms with Crippen LogP contribution in [0.1, 0.15) is 24.8 Å². The molecule has 0 radical (unpaired) electrons. The van der Waals surface area contributed by atoms with E-state index in [-0.39, 0.29) is 0 Å². The quantitative estimate of drug-likeness (QED) is 0.847. The van der Waals surface area contributed by atoms with Crippen molar-refractivity contribution in [1.29, 1.82) is 0 Å². The van der Waals surface area contributed by atoms with Gasteiger partial charge in [0.1, 0.15) is 4.99 Å². The molecule has 0 saturated carbocycles. The summed E-state index contributed by atoms with van der Waals surface area (Å²) >= 11 is 5.15. The van der Waals surface area contributed by atoms with E-state index in [2.05, 4.69) is 35.2 Å². The molecule has 2 aromatic carbocycles. The Morgan fingerprint density at radius 2 is 1.63 bits per heavy atom. The second kappa shape index (κ2) is 5.17. The van der Waals surface area contributed by atoms with Crippen molar-refractivity contribution >= 4 is 33.7 Å². The minimum absolute atomic E-state index is 0.474. The first-order valence-corrected chi connectivity index (χ1v) is 7.25. The third-order valence-electron chi connectivity index (χ3n) is 3.86. The van der Waals surface area contributed by atoms with Crippen molar-refractivity contribution in [3.63, 3.8) is 0 Å². The van der Waals surface area contributed by atoms with Gasteiger partial charge < -0.3 is 10.6 Å². The summed E-state index contributed by atoms with van der Waals surface area (Å²) in [5.41, 5.74) is 8.12. The first-order chi connectivity index (χ1) is 9.27. The molecule has 19 heavy (non-hydrogen) atoms. The molecule has 0 amide bonds. The van der Waals surface area contributed by atoms with Gasteiger partial charge in [0, 0.05) is 29.7 Å². The van der Waals surface area contributed by atoms with Crippen LogP contribution < -0.4 is 10.6 Å². The van der Waals surface area contributed by atoms with E-state index in [1.807, 2.05) is 6.07 Å². The van der Waals surface area contributed by atoms with Crippen LogP contribution in [0.3, 0.4) is 0 Å². The molecule has 1 aliphatic rings. The average molecular weight is 270 g/mol. The molecule has 1 fully saturated rings. The van der Waals surface area contributed by atoms with Crippen molar-refractivity contribution in [2.24, 2.45) is 5.73 Å². The van der Waals surface area contributed by atoms with Gasteiger partial charge in [0.05, 0.1) is 0 Å². The van der Waals surface area contributed by atoms with Crippen molar-refractivity contribution < 1.29 is 0 Å². The van der Waals surface area contributed by atoms with Crippen LogP contribution in [0.5, 0.6) is 0 Å². The molecule has 0 aliphatic carbocycles. The fraction of sp³-hybridized carbons (Fsp3) is 0.312. The molecule has 0 aromatic heterocycles. The second-order valence-corrected chi connectivity index (χ2v) is 5.53. The van der Waals surface area contributed by atoms with Gasteiger partial charge in [-0.25, -0.2) is 0 Å². The van der Waals surface area contributed by atoms with E-state index < -0.39 is 0 Å². The first kappa shape index (κ1) is 12.4.